The van der Waals surface area contributed by atoms with Crippen LogP contribution < -0.4 is 14.8 Å². The van der Waals surface area contributed by atoms with E-state index >= 15 is 0 Å². The number of carbonyl (C=O) groups is 1. The van der Waals surface area contributed by atoms with Gasteiger partial charge in [-0.3, -0.25) is 9.52 Å². The molecule has 174 valence electrons. The number of sulfonamides is 1. The van der Waals surface area contributed by atoms with Crippen LogP contribution in [0.15, 0.2) is 71.6 Å². The lowest BCUT2D eigenvalue weighted by Gasteiger charge is -2.22. The zero-order chi connectivity index (χ0) is 24.2. The van der Waals surface area contributed by atoms with Crippen LogP contribution in [0, 0.1) is 0 Å². The number of halogens is 2. The summed E-state index contributed by atoms with van der Waals surface area (Å²) in [6.45, 7) is 6.03. The van der Waals surface area contributed by atoms with Crippen LogP contribution in [-0.4, -0.2) is 20.9 Å². The lowest BCUT2D eigenvalue weighted by atomic mass is 9.86. The maximum atomic E-state index is 12.7. The smallest absolute Gasteiger partial charge is 0.262 e. The Morgan fingerprint density at radius 1 is 0.939 bits per heavy atom. The number of benzene rings is 3. The molecule has 0 atom stereocenters. The van der Waals surface area contributed by atoms with E-state index in [0.29, 0.717) is 11.4 Å². The van der Waals surface area contributed by atoms with E-state index in [4.69, 9.17) is 27.9 Å². The van der Waals surface area contributed by atoms with E-state index < -0.39 is 10.0 Å². The summed E-state index contributed by atoms with van der Waals surface area (Å²) in [7, 11) is -3.89. The fourth-order valence-electron chi connectivity index (χ4n) is 3.06. The molecule has 0 fully saturated rings. The van der Waals surface area contributed by atoms with Gasteiger partial charge in [0.05, 0.1) is 20.6 Å². The molecule has 2 N–H and O–H groups in total. The Hall–Kier alpha value is -2.74. The zero-order valence-electron chi connectivity index (χ0n) is 18.4. The van der Waals surface area contributed by atoms with Crippen molar-refractivity contribution in [1.29, 1.82) is 0 Å². The van der Waals surface area contributed by atoms with Gasteiger partial charge in [0, 0.05) is 5.69 Å². The van der Waals surface area contributed by atoms with Crippen molar-refractivity contribution in [2.24, 2.45) is 0 Å². The van der Waals surface area contributed by atoms with Crippen molar-refractivity contribution in [3.8, 4) is 5.75 Å². The Labute approximate surface area is 203 Å². The molecule has 6 nitrogen and oxygen atoms in total. The number of nitrogens with one attached hydrogen (secondary N) is 2. The maximum absolute atomic E-state index is 12.7. The van der Waals surface area contributed by atoms with Gasteiger partial charge < -0.3 is 10.1 Å². The molecule has 0 aromatic heterocycles. The fourth-order valence-corrected chi connectivity index (χ4v) is 4.53. The molecule has 9 heteroatoms. The first-order valence-corrected chi connectivity index (χ1v) is 12.3. The summed E-state index contributed by atoms with van der Waals surface area (Å²) in [5.74, 6) is 0.283. The van der Waals surface area contributed by atoms with Crippen LogP contribution in [0.2, 0.25) is 10.0 Å². The normalized spacial score (nSPS) is 11.7. The number of hydrogen-bond acceptors (Lipinski definition) is 4. The van der Waals surface area contributed by atoms with Gasteiger partial charge in [0.2, 0.25) is 0 Å². The van der Waals surface area contributed by atoms with E-state index in [-0.39, 0.29) is 38.6 Å². The molecule has 0 bridgehead atoms. The number of amides is 1. The van der Waals surface area contributed by atoms with E-state index in [2.05, 4.69) is 30.8 Å². The van der Waals surface area contributed by atoms with Crippen LogP contribution in [0.3, 0.4) is 0 Å². The van der Waals surface area contributed by atoms with Crippen molar-refractivity contribution >= 4 is 50.5 Å². The van der Waals surface area contributed by atoms with Crippen LogP contribution in [-0.2, 0) is 20.2 Å². The average molecular weight is 507 g/mol. The molecule has 0 aliphatic rings. The standard InChI is InChI=1S/C24H24Cl2N2O4S/c1-24(2,3)18-7-4-5-10-21(18)32-15-22(29)27-16-11-13-17(14-12-16)33(30,31)28-20-9-6-8-19(25)23(20)26/h4-14,28H,15H2,1-3H3,(H,27,29). The maximum Gasteiger partial charge on any atom is 0.262 e. The summed E-state index contributed by atoms with van der Waals surface area (Å²) < 4.78 is 33.4. The van der Waals surface area contributed by atoms with Crippen molar-refractivity contribution in [2.75, 3.05) is 16.6 Å². The lowest BCUT2D eigenvalue weighted by Crippen LogP contribution is -2.22. The van der Waals surface area contributed by atoms with Crippen molar-refractivity contribution in [3.05, 3.63) is 82.3 Å². The van der Waals surface area contributed by atoms with Gasteiger partial charge in [-0.25, -0.2) is 8.42 Å². The number of rotatable bonds is 7. The minimum Gasteiger partial charge on any atom is -0.483 e. The molecule has 0 aliphatic heterocycles. The zero-order valence-corrected chi connectivity index (χ0v) is 20.7. The molecular weight excluding hydrogens is 483 g/mol. The third kappa shape index (κ3) is 6.41. The molecule has 0 aliphatic carbocycles. The van der Waals surface area contributed by atoms with Crippen molar-refractivity contribution in [1.82, 2.24) is 0 Å². The number of ether oxygens (including phenoxy) is 1. The first kappa shape index (κ1) is 24.9. The largest absolute Gasteiger partial charge is 0.483 e. The van der Waals surface area contributed by atoms with Gasteiger partial charge in [-0.15, -0.1) is 0 Å². The van der Waals surface area contributed by atoms with Crippen LogP contribution in [0.4, 0.5) is 11.4 Å². The molecule has 1 amide bonds. The second kappa shape index (κ2) is 10.0. The predicted molar refractivity (Wildman–Crippen MR) is 133 cm³/mol. The number of para-hydroxylation sites is 1. The number of hydrogen-bond donors (Lipinski definition) is 2. The van der Waals surface area contributed by atoms with E-state index in [1.807, 2.05) is 24.3 Å². The Kier molecular flexibility index (Phi) is 7.57. The predicted octanol–water partition coefficient (Wildman–Crippen LogP) is 6.11. The molecular formula is C24H24Cl2N2O4S. The number of carbonyl (C=O) groups excluding carboxylic acids is 1. The summed E-state index contributed by atoms with van der Waals surface area (Å²) in [4.78, 5) is 12.4. The highest BCUT2D eigenvalue weighted by Gasteiger charge is 2.19. The van der Waals surface area contributed by atoms with Crippen molar-refractivity contribution in [2.45, 2.75) is 31.1 Å². The monoisotopic (exact) mass is 506 g/mol. The molecule has 0 spiro atoms. The quantitative estimate of drug-likeness (QED) is 0.404. The van der Waals surface area contributed by atoms with E-state index in [1.54, 1.807) is 12.1 Å². The van der Waals surface area contributed by atoms with Crippen LogP contribution in [0.5, 0.6) is 5.75 Å². The van der Waals surface area contributed by atoms with Crippen molar-refractivity contribution in [3.63, 3.8) is 0 Å². The molecule has 0 radical (unpaired) electrons. The lowest BCUT2D eigenvalue weighted by molar-refractivity contribution is -0.118. The van der Waals surface area contributed by atoms with Gasteiger partial charge in [-0.2, -0.15) is 0 Å². The van der Waals surface area contributed by atoms with Crippen molar-refractivity contribution < 1.29 is 17.9 Å². The molecule has 3 rings (SSSR count). The van der Waals surface area contributed by atoms with E-state index in [9.17, 15) is 13.2 Å². The summed E-state index contributed by atoms with van der Waals surface area (Å²) >= 11 is 12.0. The Morgan fingerprint density at radius 3 is 2.27 bits per heavy atom. The molecule has 0 saturated carbocycles. The average Bonchev–Trinajstić information content (AvgIpc) is 2.75. The Bertz CT molecular complexity index is 1250. The van der Waals surface area contributed by atoms with E-state index in [1.165, 1.54) is 30.3 Å². The van der Waals surface area contributed by atoms with Crippen LogP contribution >= 0.6 is 23.2 Å². The molecule has 33 heavy (non-hydrogen) atoms. The van der Waals surface area contributed by atoms with Gasteiger partial charge in [0.1, 0.15) is 5.75 Å². The molecule has 3 aromatic carbocycles. The molecule has 0 saturated heterocycles. The third-order valence-electron chi connectivity index (χ3n) is 4.70. The highest BCUT2D eigenvalue weighted by molar-refractivity contribution is 7.92. The second-order valence-electron chi connectivity index (χ2n) is 8.31. The van der Waals surface area contributed by atoms with Gasteiger partial charge in [-0.05, 0) is 53.4 Å². The van der Waals surface area contributed by atoms with Crippen LogP contribution in [0.1, 0.15) is 26.3 Å². The number of anilines is 2. The van der Waals surface area contributed by atoms with Gasteiger partial charge in [0.15, 0.2) is 6.61 Å². The highest BCUT2D eigenvalue weighted by atomic mass is 35.5. The van der Waals surface area contributed by atoms with E-state index in [0.717, 1.165) is 5.56 Å². The molecule has 3 aromatic rings. The Morgan fingerprint density at radius 2 is 1.61 bits per heavy atom. The third-order valence-corrected chi connectivity index (χ3v) is 6.90. The van der Waals surface area contributed by atoms with Gasteiger partial charge in [0.25, 0.3) is 15.9 Å². The Balaban J connectivity index is 1.64. The van der Waals surface area contributed by atoms with Gasteiger partial charge >= 0.3 is 0 Å². The SMILES string of the molecule is CC(C)(C)c1ccccc1OCC(=O)Nc1ccc(S(=O)(=O)Nc2cccc(Cl)c2Cl)cc1. The topological polar surface area (TPSA) is 84.5 Å². The fraction of sp³-hybridized carbons (Fsp3) is 0.208. The molecule has 0 heterocycles. The minimum absolute atomic E-state index is 0.00638. The summed E-state index contributed by atoms with van der Waals surface area (Å²) in [5.41, 5.74) is 1.49. The highest BCUT2D eigenvalue weighted by Crippen LogP contribution is 2.32. The second-order valence-corrected chi connectivity index (χ2v) is 10.8. The summed E-state index contributed by atoms with van der Waals surface area (Å²) in [5, 5.41) is 3.05. The molecule has 0 unspecified atom stereocenters. The first-order chi connectivity index (χ1) is 15.5. The first-order valence-electron chi connectivity index (χ1n) is 10.1. The minimum atomic E-state index is -3.89. The van der Waals surface area contributed by atoms with Gasteiger partial charge in [-0.1, -0.05) is 68.2 Å². The summed E-state index contributed by atoms with van der Waals surface area (Å²) in [6.07, 6.45) is 0. The summed E-state index contributed by atoms with van der Waals surface area (Å²) in [6, 6.07) is 18.0. The van der Waals surface area contributed by atoms with Crippen LogP contribution in [0.25, 0.3) is 0 Å².